The molecule has 0 saturated heterocycles. The summed E-state index contributed by atoms with van der Waals surface area (Å²) in [4.78, 5) is 27.7. The number of nitrogens with zero attached hydrogens (tertiary/aromatic N) is 2. The first-order valence-corrected chi connectivity index (χ1v) is 14.3. The van der Waals surface area contributed by atoms with Gasteiger partial charge >= 0.3 is 0 Å². The predicted molar refractivity (Wildman–Crippen MR) is 139 cm³/mol. The third kappa shape index (κ3) is 7.29. The molecule has 1 atom stereocenters. The Kier molecular flexibility index (Phi) is 9.48. The lowest BCUT2D eigenvalue weighted by Gasteiger charge is -2.30. The Hall–Kier alpha value is -2.94. The van der Waals surface area contributed by atoms with Crippen LogP contribution >= 0.6 is 0 Å². The molecular weight excluding hydrogens is 481 g/mol. The van der Waals surface area contributed by atoms with Crippen LogP contribution in [-0.4, -0.2) is 50.0 Å². The number of carbonyl (C=O) groups is 2. The number of aryl methyl sites for hydroxylation is 1. The first-order valence-electron chi connectivity index (χ1n) is 12.4. The largest absolute Gasteiger partial charge is 0.352 e. The van der Waals surface area contributed by atoms with Gasteiger partial charge in [-0.25, -0.2) is 12.8 Å². The Balaban J connectivity index is 1.73. The van der Waals surface area contributed by atoms with E-state index in [1.165, 1.54) is 15.3 Å². The molecule has 9 heteroatoms. The smallest absolute Gasteiger partial charge is 0.242 e. The highest BCUT2D eigenvalue weighted by atomic mass is 32.2. The lowest BCUT2D eigenvalue weighted by atomic mass is 10.1. The van der Waals surface area contributed by atoms with Crippen LogP contribution in [0.1, 0.15) is 56.6 Å². The van der Waals surface area contributed by atoms with Crippen molar-refractivity contribution in [2.75, 3.05) is 17.1 Å². The first-order chi connectivity index (χ1) is 17.1. The second-order valence-electron chi connectivity index (χ2n) is 9.50. The van der Waals surface area contributed by atoms with E-state index in [9.17, 15) is 22.4 Å². The quantitative estimate of drug-likeness (QED) is 0.485. The van der Waals surface area contributed by atoms with Crippen LogP contribution in [0.25, 0.3) is 0 Å². The van der Waals surface area contributed by atoms with E-state index in [1.807, 2.05) is 19.1 Å². The van der Waals surface area contributed by atoms with Gasteiger partial charge in [-0.05, 0) is 50.8 Å². The number of carbonyl (C=O) groups excluding carboxylic acids is 2. The van der Waals surface area contributed by atoms with E-state index >= 15 is 0 Å². The number of amides is 2. The molecule has 0 heterocycles. The third-order valence-electron chi connectivity index (χ3n) is 6.70. The number of halogens is 1. The Morgan fingerprint density at radius 1 is 1.08 bits per heavy atom. The molecule has 1 fully saturated rings. The van der Waals surface area contributed by atoms with E-state index in [2.05, 4.69) is 5.32 Å². The second kappa shape index (κ2) is 12.3. The fraction of sp³-hybridized carbons (Fsp3) is 0.481. The van der Waals surface area contributed by atoms with Crippen LogP contribution in [0.15, 0.2) is 48.5 Å². The molecule has 1 aliphatic carbocycles. The highest BCUT2D eigenvalue weighted by Gasteiger charge is 2.29. The van der Waals surface area contributed by atoms with Gasteiger partial charge in [0.15, 0.2) is 0 Å². The molecule has 1 N–H and O–H groups in total. The summed E-state index contributed by atoms with van der Waals surface area (Å²) in [5, 5.41) is 3.02. The van der Waals surface area contributed by atoms with Crippen LogP contribution in [-0.2, 0) is 26.2 Å². The highest BCUT2D eigenvalue weighted by Crippen LogP contribution is 2.23. The fourth-order valence-corrected chi connectivity index (χ4v) is 5.63. The molecule has 7 nitrogen and oxygen atoms in total. The first kappa shape index (κ1) is 27.6. The zero-order valence-electron chi connectivity index (χ0n) is 21.2. The van der Waals surface area contributed by atoms with Crippen LogP contribution in [0.3, 0.4) is 0 Å². The lowest BCUT2D eigenvalue weighted by Crippen LogP contribution is -2.49. The topological polar surface area (TPSA) is 86.8 Å². The van der Waals surface area contributed by atoms with Crippen molar-refractivity contribution in [3.05, 3.63) is 65.5 Å². The minimum Gasteiger partial charge on any atom is -0.352 e. The SMILES string of the molecule is Cc1ccccc1N(CCCC(=O)N(Cc1ccccc1F)[C@H](C)C(=O)NC1CCCC1)S(C)(=O)=O. The maximum atomic E-state index is 14.4. The van der Waals surface area contributed by atoms with Gasteiger partial charge in [0.2, 0.25) is 21.8 Å². The van der Waals surface area contributed by atoms with Crippen molar-refractivity contribution in [2.45, 2.75) is 71.0 Å². The Morgan fingerprint density at radius 2 is 1.72 bits per heavy atom. The molecule has 0 aromatic heterocycles. The number of hydrogen-bond donors (Lipinski definition) is 1. The molecule has 1 aliphatic rings. The number of para-hydroxylation sites is 1. The van der Waals surface area contributed by atoms with E-state index in [4.69, 9.17) is 0 Å². The van der Waals surface area contributed by atoms with Crippen molar-refractivity contribution in [1.82, 2.24) is 10.2 Å². The van der Waals surface area contributed by atoms with Gasteiger partial charge in [0.05, 0.1) is 11.9 Å². The molecule has 0 spiro atoms. The van der Waals surface area contributed by atoms with E-state index in [0.29, 0.717) is 11.3 Å². The van der Waals surface area contributed by atoms with E-state index < -0.39 is 21.9 Å². The number of anilines is 1. The monoisotopic (exact) mass is 517 g/mol. The minimum absolute atomic E-state index is 0.0212. The average molecular weight is 518 g/mol. The van der Waals surface area contributed by atoms with E-state index in [0.717, 1.165) is 37.5 Å². The summed E-state index contributed by atoms with van der Waals surface area (Å²) in [6.45, 7) is 3.56. The number of sulfonamides is 1. The molecule has 2 amide bonds. The van der Waals surface area contributed by atoms with E-state index in [-0.39, 0.29) is 43.8 Å². The molecule has 2 aromatic carbocycles. The number of benzene rings is 2. The van der Waals surface area contributed by atoms with Gasteiger partial charge in [-0.15, -0.1) is 0 Å². The molecule has 1 saturated carbocycles. The third-order valence-corrected chi connectivity index (χ3v) is 7.88. The van der Waals surface area contributed by atoms with Crippen molar-refractivity contribution in [3.63, 3.8) is 0 Å². The summed E-state index contributed by atoms with van der Waals surface area (Å²) in [6.07, 6.45) is 5.38. The van der Waals surface area contributed by atoms with Gasteiger partial charge in [-0.1, -0.05) is 49.2 Å². The zero-order valence-corrected chi connectivity index (χ0v) is 22.1. The molecule has 196 valence electrons. The van der Waals surface area contributed by atoms with Crippen molar-refractivity contribution >= 4 is 27.5 Å². The molecule has 0 bridgehead atoms. The van der Waals surface area contributed by atoms with Crippen molar-refractivity contribution in [3.8, 4) is 0 Å². The van der Waals surface area contributed by atoms with Crippen LogP contribution in [0.5, 0.6) is 0 Å². The molecular formula is C27H36FN3O4S. The number of nitrogens with one attached hydrogen (secondary N) is 1. The maximum absolute atomic E-state index is 14.4. The fourth-order valence-electron chi connectivity index (χ4n) is 4.61. The van der Waals surface area contributed by atoms with Gasteiger partial charge in [0, 0.05) is 31.1 Å². The van der Waals surface area contributed by atoms with Gasteiger partial charge in [-0.3, -0.25) is 13.9 Å². The van der Waals surface area contributed by atoms with Crippen molar-refractivity contribution < 1.29 is 22.4 Å². The van der Waals surface area contributed by atoms with Crippen molar-refractivity contribution in [2.24, 2.45) is 0 Å². The van der Waals surface area contributed by atoms with Gasteiger partial charge in [0.1, 0.15) is 11.9 Å². The van der Waals surface area contributed by atoms with Gasteiger partial charge < -0.3 is 10.2 Å². The zero-order chi connectivity index (χ0) is 26.3. The lowest BCUT2D eigenvalue weighted by molar-refractivity contribution is -0.141. The maximum Gasteiger partial charge on any atom is 0.242 e. The molecule has 0 radical (unpaired) electrons. The second-order valence-corrected chi connectivity index (χ2v) is 11.4. The van der Waals surface area contributed by atoms with Crippen LogP contribution in [0.4, 0.5) is 10.1 Å². The summed E-state index contributed by atoms with van der Waals surface area (Å²) >= 11 is 0. The molecule has 3 rings (SSSR count). The predicted octanol–water partition coefficient (Wildman–Crippen LogP) is 4.16. The number of hydrogen-bond acceptors (Lipinski definition) is 4. The van der Waals surface area contributed by atoms with Crippen LogP contribution in [0, 0.1) is 12.7 Å². The summed E-state index contributed by atoms with van der Waals surface area (Å²) in [5.74, 6) is -1.03. The summed E-state index contributed by atoms with van der Waals surface area (Å²) in [6, 6.07) is 12.7. The van der Waals surface area contributed by atoms with E-state index in [1.54, 1.807) is 37.3 Å². The Labute approximate surface area is 213 Å². The summed E-state index contributed by atoms with van der Waals surface area (Å²) < 4.78 is 40.6. The van der Waals surface area contributed by atoms with Crippen LogP contribution in [0.2, 0.25) is 0 Å². The van der Waals surface area contributed by atoms with Gasteiger partial charge in [-0.2, -0.15) is 0 Å². The molecule has 36 heavy (non-hydrogen) atoms. The minimum atomic E-state index is -3.56. The standard InChI is InChI=1S/C27H36FN3O4S/c1-20-11-4-9-16-25(20)31(36(3,34)35)18-10-17-26(32)30(19-22-12-5-8-15-24(22)28)21(2)27(33)29-23-13-6-7-14-23/h4-5,8-9,11-12,15-16,21,23H,6-7,10,13-14,17-19H2,1-3H3,(H,29,33)/t21-/m1/s1. The molecule has 0 unspecified atom stereocenters. The molecule has 0 aliphatic heterocycles. The Morgan fingerprint density at radius 3 is 2.36 bits per heavy atom. The number of rotatable bonds is 11. The van der Waals surface area contributed by atoms with Crippen LogP contribution < -0.4 is 9.62 Å². The van der Waals surface area contributed by atoms with Crippen molar-refractivity contribution in [1.29, 1.82) is 0 Å². The highest BCUT2D eigenvalue weighted by molar-refractivity contribution is 7.92. The van der Waals surface area contributed by atoms with Gasteiger partial charge in [0.25, 0.3) is 0 Å². The summed E-state index contributed by atoms with van der Waals surface area (Å²) in [5.41, 5.74) is 1.71. The average Bonchev–Trinajstić information content (AvgIpc) is 3.33. The summed E-state index contributed by atoms with van der Waals surface area (Å²) in [7, 11) is -3.56. The molecule has 2 aromatic rings. The Bertz CT molecular complexity index is 1170. The normalized spacial score (nSPS) is 14.9.